The second-order valence-corrected chi connectivity index (χ2v) is 6.91. The van der Waals surface area contributed by atoms with Gasteiger partial charge in [0.25, 0.3) is 0 Å². The van der Waals surface area contributed by atoms with Crippen molar-refractivity contribution in [2.24, 2.45) is 0 Å². The molecule has 0 aliphatic carbocycles. The number of carbonyl (C=O) groups is 2. The molecule has 5 nitrogen and oxygen atoms in total. The summed E-state index contributed by atoms with van der Waals surface area (Å²) in [4.78, 5) is 21.8. The summed E-state index contributed by atoms with van der Waals surface area (Å²) < 4.78 is 5.83. The van der Waals surface area contributed by atoms with E-state index < -0.39 is 11.9 Å². The smallest absolute Gasteiger partial charge is 0.328 e. The Morgan fingerprint density at radius 3 is 2.00 bits per heavy atom. The van der Waals surface area contributed by atoms with E-state index in [1.165, 1.54) is 5.56 Å². The zero-order valence-corrected chi connectivity index (χ0v) is 15.2. The average Bonchev–Trinajstić information content (AvgIpc) is 2.59. The first-order valence-corrected chi connectivity index (χ1v) is 8.30. The predicted molar refractivity (Wildman–Crippen MR) is 100 cm³/mol. The second-order valence-electron chi connectivity index (χ2n) is 6.91. The maximum Gasteiger partial charge on any atom is 0.328 e. The standard InChI is InChI=1S/C21H23NO4/c1-21(2,3)16-6-10-18(11-7-16)26-17-8-4-15(5-9-17)14-22-19(23)12-13-20(24)25/h4-13H,14H2,1-3H3,(H,22,23)(H,24,25)/b13-12-. The second kappa shape index (κ2) is 8.34. The van der Waals surface area contributed by atoms with Gasteiger partial charge in [-0.15, -0.1) is 0 Å². The third kappa shape index (κ3) is 6.09. The van der Waals surface area contributed by atoms with Crippen LogP contribution in [0.25, 0.3) is 0 Å². The SMILES string of the molecule is CC(C)(C)c1ccc(Oc2ccc(CNC(=O)/C=C\C(=O)O)cc2)cc1. The molecule has 2 aromatic carbocycles. The molecule has 0 saturated carbocycles. The van der Waals surface area contributed by atoms with Crippen molar-refractivity contribution in [3.05, 3.63) is 71.8 Å². The minimum absolute atomic E-state index is 0.101. The van der Waals surface area contributed by atoms with Crippen LogP contribution in [0.4, 0.5) is 0 Å². The van der Waals surface area contributed by atoms with Crippen molar-refractivity contribution in [3.8, 4) is 11.5 Å². The van der Waals surface area contributed by atoms with Gasteiger partial charge in [0.1, 0.15) is 11.5 Å². The number of hydrogen-bond donors (Lipinski definition) is 2. The Morgan fingerprint density at radius 2 is 1.50 bits per heavy atom. The highest BCUT2D eigenvalue weighted by Gasteiger charge is 2.13. The monoisotopic (exact) mass is 353 g/mol. The van der Waals surface area contributed by atoms with Gasteiger partial charge in [0.2, 0.25) is 5.91 Å². The molecule has 1 amide bonds. The van der Waals surface area contributed by atoms with Gasteiger partial charge in [-0.1, -0.05) is 45.0 Å². The molecule has 0 aromatic heterocycles. The van der Waals surface area contributed by atoms with Crippen molar-refractivity contribution in [1.82, 2.24) is 5.32 Å². The molecule has 0 radical (unpaired) electrons. The number of ether oxygens (including phenoxy) is 1. The first-order chi connectivity index (χ1) is 12.2. The van der Waals surface area contributed by atoms with Gasteiger partial charge in [-0.2, -0.15) is 0 Å². The van der Waals surface area contributed by atoms with E-state index in [9.17, 15) is 9.59 Å². The van der Waals surface area contributed by atoms with Gasteiger partial charge >= 0.3 is 5.97 Å². The van der Waals surface area contributed by atoms with Crippen LogP contribution in [0.5, 0.6) is 11.5 Å². The summed E-state index contributed by atoms with van der Waals surface area (Å²) in [7, 11) is 0. The Morgan fingerprint density at radius 1 is 0.962 bits per heavy atom. The summed E-state index contributed by atoms with van der Waals surface area (Å²) in [5, 5.41) is 11.1. The van der Waals surface area contributed by atoms with E-state index in [0.717, 1.165) is 23.5 Å². The Balaban J connectivity index is 1.91. The minimum atomic E-state index is -1.16. The van der Waals surface area contributed by atoms with Crippen LogP contribution in [0.3, 0.4) is 0 Å². The lowest BCUT2D eigenvalue weighted by atomic mass is 9.87. The minimum Gasteiger partial charge on any atom is -0.478 e. The Labute approximate surface area is 153 Å². The zero-order valence-electron chi connectivity index (χ0n) is 15.2. The molecule has 0 unspecified atom stereocenters. The van der Waals surface area contributed by atoms with Gasteiger partial charge in [0.05, 0.1) is 0 Å². The predicted octanol–water partition coefficient (Wildman–Crippen LogP) is 4.03. The summed E-state index contributed by atoms with van der Waals surface area (Å²) in [6.07, 6.45) is 1.79. The van der Waals surface area contributed by atoms with Gasteiger partial charge in [0, 0.05) is 18.7 Å². The molecule has 2 N–H and O–H groups in total. The van der Waals surface area contributed by atoms with Gasteiger partial charge in [-0.25, -0.2) is 4.79 Å². The molecule has 0 fully saturated rings. The lowest BCUT2D eigenvalue weighted by Gasteiger charge is -2.19. The Kier molecular flexibility index (Phi) is 6.17. The maximum absolute atomic E-state index is 11.4. The Hall–Kier alpha value is -3.08. The fourth-order valence-corrected chi connectivity index (χ4v) is 2.23. The van der Waals surface area contributed by atoms with Crippen LogP contribution in [-0.4, -0.2) is 17.0 Å². The highest BCUT2D eigenvalue weighted by Crippen LogP contribution is 2.27. The van der Waals surface area contributed by atoms with Crippen molar-refractivity contribution in [1.29, 1.82) is 0 Å². The van der Waals surface area contributed by atoms with Gasteiger partial charge in [-0.3, -0.25) is 4.79 Å². The number of benzene rings is 2. The van der Waals surface area contributed by atoms with Crippen LogP contribution in [0.1, 0.15) is 31.9 Å². The number of amides is 1. The van der Waals surface area contributed by atoms with Crippen LogP contribution in [0, 0.1) is 0 Å². The largest absolute Gasteiger partial charge is 0.478 e. The number of aliphatic carboxylic acids is 1. The third-order valence-corrected chi connectivity index (χ3v) is 3.72. The Bertz CT molecular complexity index is 784. The molecular formula is C21H23NO4. The van der Waals surface area contributed by atoms with Crippen LogP contribution >= 0.6 is 0 Å². The topological polar surface area (TPSA) is 75.6 Å². The van der Waals surface area contributed by atoms with Crippen LogP contribution < -0.4 is 10.1 Å². The number of carboxylic acid groups (broad SMARTS) is 1. The zero-order chi connectivity index (χ0) is 19.2. The summed E-state index contributed by atoms with van der Waals surface area (Å²) >= 11 is 0. The van der Waals surface area contributed by atoms with Gasteiger partial charge in [-0.05, 0) is 40.8 Å². The molecule has 26 heavy (non-hydrogen) atoms. The van der Waals surface area contributed by atoms with E-state index in [0.29, 0.717) is 12.3 Å². The molecule has 2 rings (SSSR count). The van der Waals surface area contributed by atoms with Crippen LogP contribution in [-0.2, 0) is 21.5 Å². The summed E-state index contributed by atoms with van der Waals surface area (Å²) in [5.74, 6) is -0.143. The van der Waals surface area contributed by atoms with E-state index in [1.54, 1.807) is 0 Å². The van der Waals surface area contributed by atoms with Gasteiger partial charge < -0.3 is 15.2 Å². The molecule has 136 valence electrons. The van der Waals surface area contributed by atoms with E-state index in [-0.39, 0.29) is 5.41 Å². The molecule has 0 aliphatic rings. The molecule has 2 aromatic rings. The molecule has 0 heterocycles. The average molecular weight is 353 g/mol. The molecule has 0 spiro atoms. The quantitative estimate of drug-likeness (QED) is 0.769. The normalized spacial score (nSPS) is 11.3. The molecule has 5 heteroatoms. The van der Waals surface area contributed by atoms with Crippen LogP contribution in [0.2, 0.25) is 0 Å². The van der Waals surface area contributed by atoms with E-state index >= 15 is 0 Å². The van der Waals surface area contributed by atoms with E-state index in [2.05, 4.69) is 38.2 Å². The number of carbonyl (C=O) groups excluding carboxylic acids is 1. The molecule has 0 aliphatic heterocycles. The van der Waals surface area contributed by atoms with Crippen molar-refractivity contribution >= 4 is 11.9 Å². The lowest BCUT2D eigenvalue weighted by Crippen LogP contribution is -2.20. The first-order valence-electron chi connectivity index (χ1n) is 8.30. The van der Waals surface area contributed by atoms with Gasteiger partial charge in [0.15, 0.2) is 0 Å². The maximum atomic E-state index is 11.4. The first kappa shape index (κ1) is 19.2. The highest BCUT2D eigenvalue weighted by molar-refractivity contribution is 5.93. The molecule has 0 bridgehead atoms. The van der Waals surface area contributed by atoms with Crippen molar-refractivity contribution in [3.63, 3.8) is 0 Å². The number of nitrogens with one attached hydrogen (secondary N) is 1. The third-order valence-electron chi connectivity index (χ3n) is 3.72. The van der Waals surface area contributed by atoms with E-state index in [1.807, 2.05) is 36.4 Å². The number of rotatable bonds is 6. The summed E-state index contributed by atoms with van der Waals surface area (Å²) in [6, 6.07) is 15.4. The number of carboxylic acids is 1. The van der Waals surface area contributed by atoms with Crippen LogP contribution in [0.15, 0.2) is 60.7 Å². The fourth-order valence-electron chi connectivity index (χ4n) is 2.23. The van der Waals surface area contributed by atoms with Crippen molar-refractivity contribution < 1.29 is 19.4 Å². The van der Waals surface area contributed by atoms with Crippen molar-refractivity contribution in [2.75, 3.05) is 0 Å². The number of hydrogen-bond acceptors (Lipinski definition) is 3. The molecular weight excluding hydrogens is 330 g/mol. The van der Waals surface area contributed by atoms with E-state index in [4.69, 9.17) is 9.84 Å². The molecule has 0 atom stereocenters. The highest BCUT2D eigenvalue weighted by atomic mass is 16.5. The van der Waals surface area contributed by atoms with Crippen molar-refractivity contribution in [2.45, 2.75) is 32.7 Å². The summed E-state index contributed by atoms with van der Waals surface area (Å²) in [5.41, 5.74) is 2.23. The lowest BCUT2D eigenvalue weighted by molar-refractivity contribution is -0.131. The fraction of sp³-hybridized carbons (Fsp3) is 0.238. The summed E-state index contributed by atoms with van der Waals surface area (Å²) in [6.45, 7) is 6.80. The molecule has 0 saturated heterocycles.